The summed E-state index contributed by atoms with van der Waals surface area (Å²) in [6, 6.07) is 24.5. The van der Waals surface area contributed by atoms with E-state index in [0.717, 1.165) is 22.9 Å². The molecule has 0 unspecified atom stereocenters. The molecule has 0 aliphatic heterocycles. The first kappa shape index (κ1) is 23.0. The number of hydrogen-bond acceptors (Lipinski definition) is 5. The lowest BCUT2D eigenvalue weighted by Crippen LogP contribution is -2.21. The van der Waals surface area contributed by atoms with Crippen molar-refractivity contribution in [2.75, 3.05) is 37.0 Å². The molecular weight excluding hydrogens is 404 g/mol. The predicted octanol–water partition coefficient (Wildman–Crippen LogP) is 5.23. The van der Waals surface area contributed by atoms with Crippen LogP contribution in [0, 0.1) is 5.92 Å². The number of carbonyl (C=O) groups is 1. The van der Waals surface area contributed by atoms with Gasteiger partial charge in [-0.1, -0.05) is 38.1 Å². The van der Waals surface area contributed by atoms with E-state index >= 15 is 0 Å². The van der Waals surface area contributed by atoms with E-state index < -0.39 is 0 Å². The van der Waals surface area contributed by atoms with E-state index in [1.165, 1.54) is 0 Å². The summed E-state index contributed by atoms with van der Waals surface area (Å²) in [4.78, 5) is 12.3. The standard InChI is InChI=1S/C26H30N2O4/c1-20(2)19-32-25-10-6-7-22(17-25)28-26(29)18-27-21-11-13-24(14-12-21)31-16-15-30-23-8-4-3-5-9-23/h3-14,17,20,27H,15-16,18-19H2,1-2H3,(H,28,29). The van der Waals surface area contributed by atoms with Crippen molar-refractivity contribution in [3.05, 3.63) is 78.9 Å². The van der Waals surface area contributed by atoms with Crippen LogP contribution in [0.2, 0.25) is 0 Å². The first-order chi connectivity index (χ1) is 15.6. The highest BCUT2D eigenvalue weighted by Gasteiger charge is 2.05. The number of hydrogen-bond donors (Lipinski definition) is 2. The molecule has 0 atom stereocenters. The second-order valence-corrected chi connectivity index (χ2v) is 7.67. The Morgan fingerprint density at radius 1 is 0.750 bits per heavy atom. The van der Waals surface area contributed by atoms with Gasteiger partial charge in [-0.05, 0) is 54.4 Å². The molecule has 0 aromatic heterocycles. The van der Waals surface area contributed by atoms with Crippen LogP contribution in [-0.4, -0.2) is 32.3 Å². The molecule has 1 amide bonds. The van der Waals surface area contributed by atoms with E-state index in [9.17, 15) is 4.79 Å². The molecule has 0 aliphatic rings. The number of rotatable bonds is 12. The lowest BCUT2D eigenvalue weighted by Gasteiger charge is -2.12. The monoisotopic (exact) mass is 434 g/mol. The quantitative estimate of drug-likeness (QED) is 0.382. The highest BCUT2D eigenvalue weighted by molar-refractivity contribution is 5.93. The Kier molecular flexibility index (Phi) is 8.80. The fourth-order valence-electron chi connectivity index (χ4n) is 2.82. The van der Waals surface area contributed by atoms with Gasteiger partial charge in [-0.25, -0.2) is 0 Å². The van der Waals surface area contributed by atoms with Crippen LogP contribution in [0.4, 0.5) is 11.4 Å². The summed E-state index contributed by atoms with van der Waals surface area (Å²) in [5.74, 6) is 2.62. The molecule has 6 nitrogen and oxygen atoms in total. The number of amides is 1. The molecule has 0 spiro atoms. The summed E-state index contributed by atoms with van der Waals surface area (Å²) in [5, 5.41) is 5.99. The van der Waals surface area contributed by atoms with Gasteiger partial charge in [0, 0.05) is 17.4 Å². The molecular formula is C26H30N2O4. The Bertz CT molecular complexity index is 959. The lowest BCUT2D eigenvalue weighted by atomic mass is 10.2. The van der Waals surface area contributed by atoms with Crippen molar-refractivity contribution in [3.63, 3.8) is 0 Å². The topological polar surface area (TPSA) is 68.8 Å². The largest absolute Gasteiger partial charge is 0.493 e. The minimum Gasteiger partial charge on any atom is -0.493 e. The molecule has 0 radical (unpaired) electrons. The molecule has 3 aromatic rings. The van der Waals surface area contributed by atoms with Gasteiger partial charge in [0.05, 0.1) is 13.2 Å². The summed E-state index contributed by atoms with van der Waals surface area (Å²) in [5.41, 5.74) is 1.54. The number of benzene rings is 3. The number of para-hydroxylation sites is 1. The first-order valence-electron chi connectivity index (χ1n) is 10.8. The molecule has 0 bridgehead atoms. The van der Waals surface area contributed by atoms with Crippen molar-refractivity contribution in [1.29, 1.82) is 0 Å². The third-order valence-corrected chi connectivity index (χ3v) is 4.37. The van der Waals surface area contributed by atoms with E-state index in [0.29, 0.717) is 31.4 Å². The van der Waals surface area contributed by atoms with Crippen LogP contribution in [0.15, 0.2) is 78.9 Å². The van der Waals surface area contributed by atoms with Crippen LogP contribution in [-0.2, 0) is 4.79 Å². The maximum Gasteiger partial charge on any atom is 0.243 e. The average molecular weight is 435 g/mol. The average Bonchev–Trinajstić information content (AvgIpc) is 2.81. The van der Waals surface area contributed by atoms with Crippen molar-refractivity contribution >= 4 is 17.3 Å². The highest BCUT2D eigenvalue weighted by Crippen LogP contribution is 2.19. The summed E-state index contributed by atoms with van der Waals surface area (Å²) in [6.45, 7) is 5.89. The molecule has 0 saturated heterocycles. The van der Waals surface area contributed by atoms with Crippen LogP contribution in [0.1, 0.15) is 13.8 Å². The van der Waals surface area contributed by atoms with E-state index in [1.54, 1.807) is 0 Å². The Morgan fingerprint density at radius 2 is 1.41 bits per heavy atom. The van der Waals surface area contributed by atoms with Crippen LogP contribution in [0.3, 0.4) is 0 Å². The molecule has 0 aliphatic carbocycles. The van der Waals surface area contributed by atoms with Crippen molar-refractivity contribution < 1.29 is 19.0 Å². The first-order valence-corrected chi connectivity index (χ1v) is 10.8. The molecule has 0 saturated carbocycles. The molecule has 0 heterocycles. The predicted molar refractivity (Wildman–Crippen MR) is 128 cm³/mol. The van der Waals surface area contributed by atoms with Crippen molar-refractivity contribution in [2.24, 2.45) is 5.92 Å². The summed E-state index contributed by atoms with van der Waals surface area (Å²) in [6.07, 6.45) is 0. The van der Waals surface area contributed by atoms with Gasteiger partial charge in [-0.3, -0.25) is 4.79 Å². The van der Waals surface area contributed by atoms with Crippen LogP contribution < -0.4 is 24.8 Å². The maximum absolute atomic E-state index is 12.3. The molecule has 3 aromatic carbocycles. The second kappa shape index (κ2) is 12.2. The fraction of sp³-hybridized carbons (Fsp3) is 0.269. The third-order valence-electron chi connectivity index (χ3n) is 4.37. The number of carbonyl (C=O) groups excluding carboxylic acids is 1. The summed E-state index contributed by atoms with van der Waals surface area (Å²) in [7, 11) is 0. The zero-order valence-corrected chi connectivity index (χ0v) is 18.5. The number of nitrogens with one attached hydrogen (secondary N) is 2. The minimum absolute atomic E-state index is 0.135. The van der Waals surface area contributed by atoms with E-state index in [4.69, 9.17) is 14.2 Å². The summed E-state index contributed by atoms with van der Waals surface area (Å²) < 4.78 is 17.0. The van der Waals surface area contributed by atoms with Gasteiger partial charge in [0.2, 0.25) is 5.91 Å². The lowest BCUT2D eigenvalue weighted by molar-refractivity contribution is -0.114. The number of ether oxygens (including phenoxy) is 3. The number of anilines is 2. The molecule has 6 heteroatoms. The van der Waals surface area contributed by atoms with Gasteiger partial charge in [0.15, 0.2) is 0 Å². The minimum atomic E-state index is -0.135. The van der Waals surface area contributed by atoms with E-state index in [2.05, 4.69) is 24.5 Å². The highest BCUT2D eigenvalue weighted by atomic mass is 16.5. The van der Waals surface area contributed by atoms with Crippen LogP contribution in [0.5, 0.6) is 17.2 Å². The molecule has 168 valence electrons. The zero-order chi connectivity index (χ0) is 22.6. The van der Waals surface area contributed by atoms with Crippen LogP contribution >= 0.6 is 0 Å². The van der Waals surface area contributed by atoms with Gasteiger partial charge in [0.25, 0.3) is 0 Å². The fourth-order valence-corrected chi connectivity index (χ4v) is 2.82. The van der Waals surface area contributed by atoms with Crippen LogP contribution in [0.25, 0.3) is 0 Å². The van der Waals surface area contributed by atoms with E-state index in [1.807, 2.05) is 78.9 Å². The third kappa shape index (κ3) is 8.22. The van der Waals surface area contributed by atoms with E-state index in [-0.39, 0.29) is 12.5 Å². The van der Waals surface area contributed by atoms with Crippen molar-refractivity contribution in [1.82, 2.24) is 0 Å². The Hall–Kier alpha value is -3.67. The second-order valence-electron chi connectivity index (χ2n) is 7.67. The van der Waals surface area contributed by atoms with Crippen molar-refractivity contribution in [3.8, 4) is 17.2 Å². The molecule has 32 heavy (non-hydrogen) atoms. The zero-order valence-electron chi connectivity index (χ0n) is 18.5. The molecule has 0 fully saturated rings. The molecule has 2 N–H and O–H groups in total. The van der Waals surface area contributed by atoms with Crippen molar-refractivity contribution in [2.45, 2.75) is 13.8 Å². The normalized spacial score (nSPS) is 10.5. The smallest absolute Gasteiger partial charge is 0.243 e. The van der Waals surface area contributed by atoms with Gasteiger partial charge in [-0.15, -0.1) is 0 Å². The molecule has 3 rings (SSSR count). The van der Waals surface area contributed by atoms with Gasteiger partial charge in [0.1, 0.15) is 30.5 Å². The Morgan fingerprint density at radius 3 is 2.09 bits per heavy atom. The van der Waals surface area contributed by atoms with Gasteiger partial charge in [-0.2, -0.15) is 0 Å². The van der Waals surface area contributed by atoms with Gasteiger partial charge < -0.3 is 24.8 Å². The Balaban J connectivity index is 1.37. The SMILES string of the molecule is CC(C)COc1cccc(NC(=O)CNc2ccc(OCCOc3ccccc3)cc2)c1. The maximum atomic E-state index is 12.3. The van der Waals surface area contributed by atoms with Gasteiger partial charge >= 0.3 is 0 Å². The summed E-state index contributed by atoms with van der Waals surface area (Å²) >= 11 is 0. The Labute approximate surface area is 189 Å².